The number of ether oxygens (including phenoxy) is 2. The third-order valence-corrected chi connectivity index (χ3v) is 8.04. The Hall–Kier alpha value is -2.03. The van der Waals surface area contributed by atoms with E-state index in [0.717, 1.165) is 24.9 Å². The van der Waals surface area contributed by atoms with Crippen molar-refractivity contribution >= 4 is 23.7 Å². The maximum atomic E-state index is 13.4. The number of nitrogens with zero attached hydrogens (tertiary/aromatic N) is 1. The van der Waals surface area contributed by atoms with Gasteiger partial charge in [0.2, 0.25) is 0 Å². The first kappa shape index (κ1) is 29.5. The van der Waals surface area contributed by atoms with Crippen LogP contribution in [0.5, 0.6) is 0 Å². The van der Waals surface area contributed by atoms with E-state index >= 15 is 0 Å². The second kappa shape index (κ2) is 14.8. The molecule has 37 heavy (non-hydrogen) atoms. The molecule has 1 aromatic rings. The third-order valence-electron chi connectivity index (χ3n) is 7.81. The number of piperidine rings is 1. The van der Waals surface area contributed by atoms with E-state index < -0.39 is 6.09 Å². The molecule has 3 amide bonds. The molecule has 3 N–H and O–H groups in total. The van der Waals surface area contributed by atoms with Crippen molar-refractivity contribution in [2.45, 2.75) is 83.0 Å². The molecule has 1 aromatic carbocycles. The number of likely N-dealkylation sites (tertiary alicyclic amines) is 1. The molecule has 1 heterocycles. The molecule has 1 saturated carbocycles. The second-order valence-electron chi connectivity index (χ2n) is 10.6. The second-order valence-corrected chi connectivity index (χ2v) is 11.1. The van der Waals surface area contributed by atoms with E-state index in [0.29, 0.717) is 24.1 Å². The van der Waals surface area contributed by atoms with Gasteiger partial charge in [0, 0.05) is 36.1 Å². The summed E-state index contributed by atoms with van der Waals surface area (Å²) in [6.45, 7) is 5.63. The fourth-order valence-electron chi connectivity index (χ4n) is 5.94. The Kier molecular flexibility index (Phi) is 11.8. The molecular weight excluding hydrogens is 492 g/mol. The largest absolute Gasteiger partial charge is 0.453 e. The molecule has 8 nitrogen and oxygen atoms in total. The molecule has 1 saturated heterocycles. The van der Waals surface area contributed by atoms with Gasteiger partial charge in [-0.2, -0.15) is 0 Å². The van der Waals surface area contributed by atoms with Crippen LogP contribution in [0.1, 0.15) is 70.5 Å². The molecule has 4 unspecified atom stereocenters. The Morgan fingerprint density at radius 2 is 1.81 bits per heavy atom. The van der Waals surface area contributed by atoms with Crippen molar-refractivity contribution in [3.05, 3.63) is 34.9 Å². The van der Waals surface area contributed by atoms with Gasteiger partial charge in [-0.1, -0.05) is 43.0 Å². The molecule has 0 bridgehead atoms. The number of carbonyl (C=O) groups excluding carboxylic acids is 2. The number of halogens is 1. The molecule has 208 valence electrons. The number of likely N-dealkylation sites (N-methyl/N-ethyl adjacent to an activating group) is 1. The molecular formula is C28H45ClN4O4. The topological polar surface area (TPSA) is 91.9 Å². The number of hydrogen-bond acceptors (Lipinski definition) is 5. The van der Waals surface area contributed by atoms with Crippen LogP contribution < -0.4 is 16.0 Å². The minimum absolute atomic E-state index is 0.0150. The molecule has 0 radical (unpaired) electrons. The number of alkyl carbamates (subject to hydrolysis) is 1. The van der Waals surface area contributed by atoms with Gasteiger partial charge in [-0.25, -0.2) is 9.59 Å². The number of rotatable bonds is 10. The first-order valence-corrected chi connectivity index (χ1v) is 14.1. The van der Waals surface area contributed by atoms with E-state index in [9.17, 15) is 9.59 Å². The Morgan fingerprint density at radius 3 is 2.49 bits per heavy atom. The minimum Gasteiger partial charge on any atom is -0.453 e. The molecule has 3 rings (SSSR count). The lowest BCUT2D eigenvalue weighted by atomic mass is 9.81. The number of nitrogens with one attached hydrogen (secondary N) is 3. The predicted octanol–water partition coefficient (Wildman–Crippen LogP) is 5.12. The third kappa shape index (κ3) is 8.76. The molecule has 2 fully saturated rings. The average Bonchev–Trinajstić information content (AvgIpc) is 2.90. The molecule has 0 spiro atoms. The lowest BCUT2D eigenvalue weighted by molar-refractivity contribution is -0.0176. The summed E-state index contributed by atoms with van der Waals surface area (Å²) >= 11 is 6.31. The summed E-state index contributed by atoms with van der Waals surface area (Å²) in [5.74, 6) is 0.710. The van der Waals surface area contributed by atoms with Gasteiger partial charge in [0.15, 0.2) is 0 Å². The highest BCUT2D eigenvalue weighted by Gasteiger charge is 2.34. The van der Waals surface area contributed by atoms with Gasteiger partial charge in [0.1, 0.15) is 0 Å². The summed E-state index contributed by atoms with van der Waals surface area (Å²) in [4.78, 5) is 26.9. The van der Waals surface area contributed by atoms with Gasteiger partial charge in [-0.3, -0.25) is 0 Å². The van der Waals surface area contributed by atoms with Crippen LogP contribution in [-0.2, 0) is 9.47 Å². The number of methoxy groups -OCH3 is 1. The van der Waals surface area contributed by atoms with Crippen LogP contribution in [0.3, 0.4) is 0 Å². The maximum Gasteiger partial charge on any atom is 0.407 e. The summed E-state index contributed by atoms with van der Waals surface area (Å²) in [6, 6.07) is 7.78. The quantitative estimate of drug-likeness (QED) is 0.386. The van der Waals surface area contributed by atoms with Gasteiger partial charge in [0.05, 0.1) is 25.9 Å². The Morgan fingerprint density at radius 1 is 1.08 bits per heavy atom. The fraction of sp³-hybridized carbons (Fsp3) is 0.714. The van der Waals surface area contributed by atoms with Gasteiger partial charge < -0.3 is 30.3 Å². The average molecular weight is 537 g/mol. The van der Waals surface area contributed by atoms with Crippen molar-refractivity contribution in [2.24, 2.45) is 11.8 Å². The first-order chi connectivity index (χ1) is 17.8. The summed E-state index contributed by atoms with van der Waals surface area (Å²) < 4.78 is 11.1. The summed E-state index contributed by atoms with van der Waals surface area (Å²) in [5, 5.41) is 10.2. The van der Waals surface area contributed by atoms with Gasteiger partial charge in [-0.05, 0) is 70.2 Å². The number of benzene rings is 1. The van der Waals surface area contributed by atoms with E-state index in [1.54, 1.807) is 0 Å². The smallest absolute Gasteiger partial charge is 0.407 e. The highest BCUT2D eigenvalue weighted by Crippen LogP contribution is 2.34. The standard InChI is InChI=1S/C28H45ClN4O4/c1-19(31-28(35)36-4)18-37-26(22-12-8-14-24(29)16-22)23-13-9-15-33(17-23)27(34)32-20(2)25(30-3)21-10-6-5-7-11-21/h8,12,14,16,19-21,23,25-26,30H,5-7,9-11,13,15,17-18H2,1-4H3,(H,31,35)(H,32,34)/t19?,20?,23-,25?,26?/m1/s1. The van der Waals surface area contributed by atoms with Crippen LogP contribution in [0.2, 0.25) is 5.02 Å². The van der Waals surface area contributed by atoms with Crippen molar-refractivity contribution < 1.29 is 19.1 Å². The highest BCUT2D eigenvalue weighted by atomic mass is 35.5. The van der Waals surface area contributed by atoms with Crippen LogP contribution >= 0.6 is 11.6 Å². The van der Waals surface area contributed by atoms with Crippen molar-refractivity contribution in [3.63, 3.8) is 0 Å². The maximum absolute atomic E-state index is 13.4. The number of urea groups is 1. The molecule has 1 aliphatic heterocycles. The molecule has 9 heteroatoms. The fourth-order valence-corrected chi connectivity index (χ4v) is 6.14. The van der Waals surface area contributed by atoms with Crippen LogP contribution in [0.25, 0.3) is 0 Å². The van der Waals surface area contributed by atoms with E-state index in [-0.39, 0.29) is 36.2 Å². The van der Waals surface area contributed by atoms with Crippen LogP contribution in [0, 0.1) is 11.8 Å². The summed E-state index contributed by atoms with van der Waals surface area (Å²) in [5.41, 5.74) is 0.978. The molecule has 0 aromatic heterocycles. The van der Waals surface area contributed by atoms with Gasteiger partial charge in [0.25, 0.3) is 0 Å². The predicted molar refractivity (Wildman–Crippen MR) is 147 cm³/mol. The molecule has 2 aliphatic rings. The SMILES string of the molecule is CNC(C1CCCCC1)C(C)NC(=O)N1CCC[C@@H](C(OCC(C)NC(=O)OC)c2cccc(Cl)c2)C1. The number of hydrogen-bond donors (Lipinski definition) is 3. The van der Waals surface area contributed by atoms with E-state index in [1.165, 1.54) is 39.2 Å². The molecule has 1 aliphatic carbocycles. The van der Waals surface area contributed by atoms with Crippen molar-refractivity contribution in [3.8, 4) is 0 Å². The van der Waals surface area contributed by atoms with E-state index in [1.807, 2.05) is 43.1 Å². The summed E-state index contributed by atoms with van der Waals surface area (Å²) in [6.07, 6.45) is 7.41. The van der Waals surface area contributed by atoms with Crippen LogP contribution in [0.4, 0.5) is 9.59 Å². The monoisotopic (exact) mass is 536 g/mol. The van der Waals surface area contributed by atoms with E-state index in [2.05, 4.69) is 22.9 Å². The number of carbonyl (C=O) groups is 2. The zero-order valence-electron chi connectivity index (χ0n) is 22.8. The zero-order chi connectivity index (χ0) is 26.8. The van der Waals surface area contributed by atoms with Gasteiger partial charge in [-0.15, -0.1) is 0 Å². The Balaban J connectivity index is 1.65. The lowest BCUT2D eigenvalue weighted by Gasteiger charge is -2.39. The normalized spacial score (nSPS) is 22.0. The molecule has 5 atom stereocenters. The number of amides is 3. The van der Waals surface area contributed by atoms with Crippen LogP contribution in [-0.4, -0.2) is 69.0 Å². The summed E-state index contributed by atoms with van der Waals surface area (Å²) in [7, 11) is 3.34. The van der Waals surface area contributed by atoms with Crippen molar-refractivity contribution in [2.75, 3.05) is 33.9 Å². The van der Waals surface area contributed by atoms with Gasteiger partial charge >= 0.3 is 12.1 Å². The first-order valence-electron chi connectivity index (χ1n) is 13.8. The minimum atomic E-state index is -0.488. The Labute approximate surface area is 227 Å². The van der Waals surface area contributed by atoms with Crippen LogP contribution in [0.15, 0.2) is 24.3 Å². The lowest BCUT2D eigenvalue weighted by Crippen LogP contribution is -2.55. The van der Waals surface area contributed by atoms with E-state index in [4.69, 9.17) is 21.1 Å². The van der Waals surface area contributed by atoms with Crippen molar-refractivity contribution in [1.29, 1.82) is 0 Å². The zero-order valence-corrected chi connectivity index (χ0v) is 23.6. The highest BCUT2D eigenvalue weighted by molar-refractivity contribution is 6.30. The van der Waals surface area contributed by atoms with Crippen molar-refractivity contribution in [1.82, 2.24) is 20.9 Å². The Bertz CT molecular complexity index is 866.